The quantitative estimate of drug-likeness (QED) is 0.544. The van der Waals surface area contributed by atoms with Crippen molar-refractivity contribution in [3.05, 3.63) is 29.3 Å². The summed E-state index contributed by atoms with van der Waals surface area (Å²) in [5.41, 5.74) is -8.55. The van der Waals surface area contributed by atoms with Gasteiger partial charge in [0.05, 0.1) is 34.7 Å². The molecule has 14 heteroatoms. The van der Waals surface area contributed by atoms with E-state index in [2.05, 4.69) is 0 Å². The number of alkyl halides is 6. The fraction of sp³-hybridized carbons (Fsp3) is 0.647. The molecule has 2 rings (SSSR count). The van der Waals surface area contributed by atoms with Gasteiger partial charge < -0.3 is 19.5 Å². The fourth-order valence-electron chi connectivity index (χ4n) is 3.07. The summed E-state index contributed by atoms with van der Waals surface area (Å²) in [6, 6.07) is 1.84. The van der Waals surface area contributed by atoms with Gasteiger partial charge in [-0.15, -0.1) is 5.11 Å². The van der Waals surface area contributed by atoms with Gasteiger partial charge in [0.15, 0.2) is 6.10 Å². The number of aliphatic hydroxyl groups excluding tert-OH is 1. The second-order valence-corrected chi connectivity index (χ2v) is 8.53. The first kappa shape index (κ1) is 26.2. The summed E-state index contributed by atoms with van der Waals surface area (Å²) < 4.78 is 91.3. The molecule has 1 aliphatic rings. The smallest absolute Gasteiger partial charge is 0.399 e. The Bertz CT molecular complexity index is 821. The molecule has 1 fully saturated rings. The van der Waals surface area contributed by atoms with E-state index in [9.17, 15) is 36.6 Å². The van der Waals surface area contributed by atoms with Gasteiger partial charge in [-0.2, -0.15) is 26.3 Å². The van der Waals surface area contributed by atoms with Crippen molar-refractivity contribution in [2.75, 3.05) is 0 Å². The molecule has 4 nitrogen and oxygen atoms in total. The lowest BCUT2D eigenvalue weighted by molar-refractivity contribution is -0.347. The predicted molar refractivity (Wildman–Crippen MR) is 103 cm³/mol. The third-order valence-corrected chi connectivity index (χ3v) is 5.60. The summed E-state index contributed by atoms with van der Waals surface area (Å²) in [6.45, 7) is 6.49. The first-order valence-electron chi connectivity index (χ1n) is 8.97. The molecule has 1 aromatic rings. The van der Waals surface area contributed by atoms with Crippen molar-refractivity contribution in [3.8, 4) is 0 Å². The molecular weight excluding hydrogens is 425 g/mol. The maximum Gasteiger partial charge on any atom is 0.495 e. The zero-order chi connectivity index (χ0) is 24.4. The standard InChI is InChI=1S/C17H18B4F6O4/c1-12(2)13(3,4)31-21(30-12)10-7-8(5-6-9(10)15(18,19)20)14(29,17(25,26)27)11(28)16(22,23)24/h5-7,11,28-29H,1-4H3. The number of hydrogen-bond acceptors (Lipinski definition) is 4. The molecule has 0 bridgehead atoms. The van der Waals surface area contributed by atoms with Crippen LogP contribution in [0.15, 0.2) is 18.2 Å². The molecule has 31 heavy (non-hydrogen) atoms. The Kier molecular flexibility index (Phi) is 6.30. The molecule has 1 aromatic carbocycles. The second kappa shape index (κ2) is 7.46. The van der Waals surface area contributed by atoms with Crippen molar-refractivity contribution in [2.24, 2.45) is 0 Å². The predicted octanol–water partition coefficient (Wildman–Crippen LogP) is 1.27. The number of halogens is 6. The van der Waals surface area contributed by atoms with E-state index in [1.165, 1.54) is 0 Å². The van der Waals surface area contributed by atoms with Gasteiger partial charge in [-0.05, 0) is 38.7 Å². The lowest BCUT2D eigenvalue weighted by Crippen LogP contribution is -2.58. The maximum atomic E-state index is 13.6. The van der Waals surface area contributed by atoms with Crippen molar-refractivity contribution >= 4 is 36.1 Å². The Morgan fingerprint density at radius 3 is 1.74 bits per heavy atom. The van der Waals surface area contributed by atoms with Crippen molar-refractivity contribution in [1.82, 2.24) is 0 Å². The number of hydrogen-bond donors (Lipinski definition) is 2. The topological polar surface area (TPSA) is 58.9 Å². The molecule has 164 valence electrons. The van der Waals surface area contributed by atoms with Gasteiger partial charge in [0.1, 0.15) is 0 Å². The van der Waals surface area contributed by atoms with E-state index in [0.29, 0.717) is 12.1 Å². The van der Waals surface area contributed by atoms with E-state index in [1.807, 2.05) is 0 Å². The summed E-state index contributed by atoms with van der Waals surface area (Å²) in [7, 11) is 15.6. The average molecular weight is 444 g/mol. The SMILES string of the molecule is [B]C([B])([B])c1ccc(C(O)(C(O)C(F)(F)F)C(F)(F)F)cc1B1OC(C)(C)C(C)(C)O1. The molecule has 6 radical (unpaired) electrons. The minimum atomic E-state index is -5.91. The van der Waals surface area contributed by atoms with E-state index in [-0.39, 0.29) is 11.0 Å². The van der Waals surface area contributed by atoms with Crippen LogP contribution in [-0.2, 0) is 20.0 Å². The van der Waals surface area contributed by atoms with Crippen molar-refractivity contribution in [3.63, 3.8) is 0 Å². The molecule has 0 aromatic heterocycles. The summed E-state index contributed by atoms with van der Waals surface area (Å²) >= 11 is 0. The zero-order valence-electron chi connectivity index (χ0n) is 17.1. The Labute approximate surface area is 180 Å². The Morgan fingerprint density at radius 2 is 1.39 bits per heavy atom. The van der Waals surface area contributed by atoms with Crippen LogP contribution in [-0.4, -0.2) is 70.5 Å². The summed E-state index contributed by atoms with van der Waals surface area (Å²) in [5, 5.41) is 17.4. The number of benzene rings is 1. The van der Waals surface area contributed by atoms with Gasteiger partial charge in [0.25, 0.3) is 0 Å². The highest BCUT2D eigenvalue weighted by molar-refractivity contribution is 6.66. The summed E-state index contributed by atoms with van der Waals surface area (Å²) in [4.78, 5) is 0. The Hall–Kier alpha value is -1.10. The molecular formula is C17H18B4F6O4. The molecule has 2 atom stereocenters. The highest BCUT2D eigenvalue weighted by atomic mass is 19.4. The molecule has 1 aliphatic heterocycles. The lowest BCUT2D eigenvalue weighted by Gasteiger charge is -2.37. The molecule has 0 saturated carbocycles. The van der Waals surface area contributed by atoms with Crippen molar-refractivity contribution in [2.45, 2.75) is 68.1 Å². The lowest BCUT2D eigenvalue weighted by atomic mass is 9.38. The number of aliphatic hydroxyl groups is 2. The Balaban J connectivity index is 2.76. The third-order valence-electron chi connectivity index (χ3n) is 5.60. The molecule has 0 aliphatic carbocycles. The van der Waals surface area contributed by atoms with Gasteiger partial charge in [-0.25, -0.2) is 0 Å². The largest absolute Gasteiger partial charge is 0.495 e. The van der Waals surface area contributed by atoms with E-state index in [1.54, 1.807) is 27.7 Å². The average Bonchev–Trinajstić information content (AvgIpc) is 2.78. The van der Waals surface area contributed by atoms with Crippen LogP contribution in [0.25, 0.3) is 0 Å². The summed E-state index contributed by atoms with van der Waals surface area (Å²) in [6.07, 6.45) is -15.9. The van der Waals surface area contributed by atoms with Gasteiger partial charge in [0.2, 0.25) is 5.60 Å². The zero-order valence-corrected chi connectivity index (χ0v) is 17.1. The van der Waals surface area contributed by atoms with Crippen LogP contribution in [0.1, 0.15) is 38.8 Å². The van der Waals surface area contributed by atoms with E-state index in [0.717, 1.165) is 6.07 Å². The fourth-order valence-corrected chi connectivity index (χ4v) is 3.07. The van der Waals surface area contributed by atoms with Gasteiger partial charge in [0, 0.05) is 0 Å². The van der Waals surface area contributed by atoms with Crippen LogP contribution >= 0.6 is 0 Å². The van der Waals surface area contributed by atoms with Gasteiger partial charge in [-0.1, -0.05) is 23.8 Å². The van der Waals surface area contributed by atoms with Crippen LogP contribution in [0.4, 0.5) is 26.3 Å². The van der Waals surface area contributed by atoms with Crippen LogP contribution in [0.5, 0.6) is 0 Å². The normalized spacial score (nSPS) is 22.3. The highest BCUT2D eigenvalue weighted by Gasteiger charge is 2.67. The monoisotopic (exact) mass is 444 g/mol. The van der Waals surface area contributed by atoms with Crippen molar-refractivity contribution < 1.29 is 45.9 Å². The molecule has 1 heterocycles. The first-order valence-corrected chi connectivity index (χ1v) is 8.97. The minimum absolute atomic E-state index is 0.208. The maximum absolute atomic E-state index is 13.6. The first-order chi connectivity index (χ1) is 13.6. The van der Waals surface area contributed by atoms with Crippen molar-refractivity contribution in [1.29, 1.82) is 0 Å². The van der Waals surface area contributed by atoms with Crippen LogP contribution in [0.2, 0.25) is 0 Å². The number of rotatable bonds is 4. The molecule has 2 N–H and O–H groups in total. The van der Waals surface area contributed by atoms with Crippen LogP contribution in [0, 0.1) is 0 Å². The molecule has 1 saturated heterocycles. The molecule has 0 spiro atoms. The third kappa shape index (κ3) is 4.54. The molecule has 2 unspecified atom stereocenters. The summed E-state index contributed by atoms with van der Waals surface area (Å²) in [5.74, 6) is 0. The second-order valence-electron chi connectivity index (χ2n) is 8.53. The van der Waals surface area contributed by atoms with Crippen LogP contribution < -0.4 is 5.46 Å². The van der Waals surface area contributed by atoms with E-state index >= 15 is 0 Å². The Morgan fingerprint density at radius 1 is 0.935 bits per heavy atom. The van der Waals surface area contributed by atoms with E-state index in [4.69, 9.17) is 32.8 Å². The highest BCUT2D eigenvalue weighted by Crippen LogP contribution is 2.46. The van der Waals surface area contributed by atoms with Gasteiger partial charge >= 0.3 is 19.5 Å². The van der Waals surface area contributed by atoms with Crippen LogP contribution in [0.3, 0.4) is 0 Å². The minimum Gasteiger partial charge on any atom is -0.399 e. The molecule has 0 amide bonds. The van der Waals surface area contributed by atoms with E-state index < -0.39 is 53.1 Å². The van der Waals surface area contributed by atoms with Gasteiger partial charge in [-0.3, -0.25) is 0 Å².